The number of ether oxygens (including phenoxy) is 1. The molecule has 0 saturated heterocycles. The summed E-state index contributed by atoms with van der Waals surface area (Å²) in [7, 11) is 1.12. The van der Waals surface area contributed by atoms with Crippen LogP contribution in [0.5, 0.6) is 0 Å². The molecule has 0 amide bonds. The number of fused-ring (bicyclic) bond motifs is 1. The van der Waals surface area contributed by atoms with Crippen molar-refractivity contribution >= 4 is 17.0 Å². The van der Waals surface area contributed by atoms with E-state index >= 15 is 0 Å². The molecule has 1 heterocycles. The minimum atomic E-state index is -1.67. The van der Waals surface area contributed by atoms with E-state index in [1.165, 1.54) is 12.1 Å². The molecule has 18 heavy (non-hydrogen) atoms. The molecule has 4 N–H and O–H groups in total. The van der Waals surface area contributed by atoms with E-state index in [4.69, 9.17) is 0 Å². The first-order valence-electron chi connectivity index (χ1n) is 5.19. The summed E-state index contributed by atoms with van der Waals surface area (Å²) in [6.45, 7) is 0. The maximum atomic E-state index is 11.1. The molecule has 0 radical (unpaired) electrons. The number of hydrogen-bond acceptors (Lipinski definition) is 5. The Morgan fingerprint density at radius 2 is 1.94 bits per heavy atom. The van der Waals surface area contributed by atoms with Gasteiger partial charge in [-0.2, -0.15) is 0 Å². The smallest absolute Gasteiger partial charge is 0.337 e. The quantitative estimate of drug-likeness (QED) is 0.546. The highest BCUT2D eigenvalue weighted by atomic mass is 16.5. The Bertz CT molecular complexity index is 630. The predicted molar refractivity (Wildman–Crippen MR) is 61.9 cm³/mol. The maximum absolute atomic E-state index is 11.1. The Labute approximate surface area is 101 Å². The van der Waals surface area contributed by atoms with E-state index in [0.29, 0.717) is 16.6 Å². The summed E-state index contributed by atoms with van der Waals surface area (Å²) in [5.41, 5.74) is 0.984. The summed E-state index contributed by atoms with van der Waals surface area (Å²) in [5, 5.41) is 19.3. The first kappa shape index (κ1) is 12.3. The summed E-state index contributed by atoms with van der Waals surface area (Å²) in [6, 6.07) is 4.54. The Kier molecular flexibility index (Phi) is 3.17. The van der Waals surface area contributed by atoms with Crippen molar-refractivity contribution in [2.75, 3.05) is 7.11 Å². The van der Waals surface area contributed by atoms with Gasteiger partial charge in [-0.3, -0.25) is 0 Å². The molecule has 0 aliphatic rings. The molecule has 0 spiro atoms. The molecule has 0 fully saturated rings. The van der Waals surface area contributed by atoms with Gasteiger partial charge < -0.3 is 24.9 Å². The Morgan fingerprint density at radius 3 is 2.61 bits per heavy atom. The largest absolute Gasteiger partial charge is 0.467 e. The molecule has 0 saturated carbocycles. The van der Waals surface area contributed by atoms with E-state index < -0.39 is 18.2 Å². The predicted octanol–water partition coefficient (Wildman–Crippen LogP) is -0.577. The average Bonchev–Trinajstić information content (AvgIpc) is 2.74. The number of H-pyrrole nitrogens is 2. The molecule has 1 aromatic heterocycles. The fourth-order valence-electron chi connectivity index (χ4n) is 1.67. The van der Waals surface area contributed by atoms with Gasteiger partial charge in [0.25, 0.3) is 0 Å². The van der Waals surface area contributed by atoms with Crippen molar-refractivity contribution in [3.8, 4) is 0 Å². The SMILES string of the molecule is COC(=O)C(O)C(O)c1ccc2[nH]c(=O)[nH]c2c1. The molecule has 2 unspecified atom stereocenters. The van der Waals surface area contributed by atoms with Gasteiger partial charge in [-0.15, -0.1) is 0 Å². The fraction of sp³-hybridized carbons (Fsp3) is 0.273. The van der Waals surface area contributed by atoms with E-state index in [1.54, 1.807) is 6.07 Å². The highest BCUT2D eigenvalue weighted by molar-refractivity contribution is 5.77. The first-order chi connectivity index (χ1) is 8.52. The van der Waals surface area contributed by atoms with Gasteiger partial charge in [-0.1, -0.05) is 6.07 Å². The number of aliphatic hydroxyl groups is 2. The van der Waals surface area contributed by atoms with Gasteiger partial charge in [-0.25, -0.2) is 9.59 Å². The second kappa shape index (κ2) is 4.63. The third kappa shape index (κ3) is 2.13. The molecular formula is C11H12N2O5. The summed E-state index contributed by atoms with van der Waals surface area (Å²) < 4.78 is 4.33. The zero-order valence-electron chi connectivity index (χ0n) is 9.51. The van der Waals surface area contributed by atoms with E-state index in [0.717, 1.165) is 7.11 Å². The van der Waals surface area contributed by atoms with Crippen molar-refractivity contribution in [2.45, 2.75) is 12.2 Å². The molecule has 2 aromatic rings. The van der Waals surface area contributed by atoms with E-state index in [1.807, 2.05) is 0 Å². The van der Waals surface area contributed by atoms with Crippen molar-refractivity contribution in [3.05, 3.63) is 34.2 Å². The number of methoxy groups -OCH3 is 1. The molecule has 2 atom stereocenters. The lowest BCUT2D eigenvalue weighted by Gasteiger charge is -2.15. The van der Waals surface area contributed by atoms with E-state index in [9.17, 15) is 19.8 Å². The number of hydrogen-bond donors (Lipinski definition) is 4. The van der Waals surface area contributed by atoms with Crippen LogP contribution in [-0.2, 0) is 9.53 Å². The fourth-order valence-corrected chi connectivity index (χ4v) is 1.67. The number of aromatic nitrogens is 2. The minimum Gasteiger partial charge on any atom is -0.467 e. The highest BCUT2D eigenvalue weighted by Gasteiger charge is 2.26. The van der Waals surface area contributed by atoms with Crippen molar-refractivity contribution < 1.29 is 19.7 Å². The Hall–Kier alpha value is -2.12. The number of carbonyl (C=O) groups is 1. The van der Waals surface area contributed by atoms with Gasteiger partial charge in [0.05, 0.1) is 18.1 Å². The van der Waals surface area contributed by atoms with Gasteiger partial charge in [0.15, 0.2) is 6.10 Å². The molecule has 0 aliphatic carbocycles. The molecule has 0 bridgehead atoms. The van der Waals surface area contributed by atoms with Gasteiger partial charge in [-0.05, 0) is 17.7 Å². The standard InChI is InChI=1S/C11H12N2O5/c1-18-10(16)9(15)8(14)5-2-3-6-7(4-5)13-11(17)12-6/h2-4,8-9,14-15H,1H3,(H2,12,13,17). The summed E-state index contributed by atoms with van der Waals surface area (Å²) in [4.78, 5) is 27.2. The second-order valence-electron chi connectivity index (χ2n) is 3.80. The lowest BCUT2D eigenvalue weighted by molar-refractivity contribution is -0.156. The number of rotatable bonds is 3. The van der Waals surface area contributed by atoms with Crippen molar-refractivity contribution in [2.24, 2.45) is 0 Å². The molecule has 0 aliphatic heterocycles. The number of aliphatic hydroxyl groups excluding tert-OH is 2. The van der Waals surface area contributed by atoms with Crippen LogP contribution in [-0.4, -0.2) is 39.4 Å². The molecular weight excluding hydrogens is 240 g/mol. The van der Waals surface area contributed by atoms with Crippen LogP contribution < -0.4 is 5.69 Å². The number of nitrogens with one attached hydrogen (secondary N) is 2. The van der Waals surface area contributed by atoms with Crippen molar-refractivity contribution in [1.82, 2.24) is 9.97 Å². The maximum Gasteiger partial charge on any atom is 0.337 e. The minimum absolute atomic E-state index is 0.302. The number of imidazole rings is 1. The molecule has 1 aromatic carbocycles. The van der Waals surface area contributed by atoms with Crippen LogP contribution in [0.15, 0.2) is 23.0 Å². The summed E-state index contributed by atoms with van der Waals surface area (Å²) in [6.07, 6.45) is -3.08. The van der Waals surface area contributed by atoms with Crippen LogP contribution in [0.25, 0.3) is 11.0 Å². The molecule has 7 heteroatoms. The zero-order chi connectivity index (χ0) is 13.3. The van der Waals surface area contributed by atoms with Gasteiger partial charge >= 0.3 is 11.7 Å². The van der Waals surface area contributed by atoms with Gasteiger partial charge in [0.1, 0.15) is 6.10 Å². The lowest BCUT2D eigenvalue weighted by atomic mass is 10.0. The van der Waals surface area contributed by atoms with Gasteiger partial charge in [0.2, 0.25) is 0 Å². The number of esters is 1. The van der Waals surface area contributed by atoms with Crippen molar-refractivity contribution in [1.29, 1.82) is 0 Å². The zero-order valence-corrected chi connectivity index (χ0v) is 9.51. The van der Waals surface area contributed by atoms with Gasteiger partial charge in [0, 0.05) is 0 Å². The van der Waals surface area contributed by atoms with Crippen LogP contribution >= 0.6 is 0 Å². The first-order valence-corrected chi connectivity index (χ1v) is 5.19. The normalized spacial score (nSPS) is 14.4. The summed E-state index contributed by atoms with van der Waals surface area (Å²) >= 11 is 0. The topological polar surface area (TPSA) is 115 Å². The summed E-state index contributed by atoms with van der Waals surface area (Å²) in [5.74, 6) is -0.926. The van der Waals surface area contributed by atoms with Crippen LogP contribution in [0.4, 0.5) is 0 Å². The number of benzene rings is 1. The monoisotopic (exact) mass is 252 g/mol. The second-order valence-corrected chi connectivity index (χ2v) is 3.80. The van der Waals surface area contributed by atoms with Crippen LogP contribution in [0, 0.1) is 0 Å². The Balaban J connectivity index is 2.35. The molecule has 96 valence electrons. The van der Waals surface area contributed by atoms with Crippen LogP contribution in [0.1, 0.15) is 11.7 Å². The van der Waals surface area contributed by atoms with E-state index in [2.05, 4.69) is 14.7 Å². The molecule has 7 nitrogen and oxygen atoms in total. The number of aromatic amines is 2. The Morgan fingerprint density at radius 1 is 1.28 bits per heavy atom. The van der Waals surface area contributed by atoms with Crippen LogP contribution in [0.3, 0.4) is 0 Å². The third-order valence-electron chi connectivity index (χ3n) is 2.62. The van der Waals surface area contributed by atoms with Crippen LogP contribution in [0.2, 0.25) is 0 Å². The average molecular weight is 252 g/mol. The van der Waals surface area contributed by atoms with Crippen molar-refractivity contribution in [3.63, 3.8) is 0 Å². The molecule has 2 rings (SSSR count). The third-order valence-corrected chi connectivity index (χ3v) is 2.62. The van der Waals surface area contributed by atoms with E-state index in [-0.39, 0.29) is 5.69 Å². The lowest BCUT2D eigenvalue weighted by Crippen LogP contribution is -2.28. The highest BCUT2D eigenvalue weighted by Crippen LogP contribution is 2.20. The number of carbonyl (C=O) groups excluding carboxylic acids is 1.